The average Bonchev–Trinajstić information content (AvgIpc) is 3.40. The Morgan fingerprint density at radius 1 is 1.14 bits per heavy atom. The minimum atomic E-state index is -0.116. The maximum absolute atomic E-state index is 12.6. The van der Waals surface area contributed by atoms with Crippen molar-refractivity contribution in [2.45, 2.75) is 0 Å². The van der Waals surface area contributed by atoms with E-state index in [4.69, 9.17) is 19.2 Å². The molecule has 150 valence electrons. The number of methoxy groups -OCH3 is 1. The lowest BCUT2D eigenvalue weighted by atomic mass is 10.3. The lowest BCUT2D eigenvalue weighted by Crippen LogP contribution is -2.50. The van der Waals surface area contributed by atoms with Crippen LogP contribution in [0.4, 0.5) is 15.6 Å². The third kappa shape index (κ3) is 3.38. The minimum Gasteiger partial charge on any atom is -0.494 e. The van der Waals surface area contributed by atoms with Gasteiger partial charge in [0.2, 0.25) is 6.79 Å². The van der Waals surface area contributed by atoms with Crippen molar-refractivity contribution < 1.29 is 19.0 Å². The van der Waals surface area contributed by atoms with E-state index in [9.17, 15) is 4.79 Å². The summed E-state index contributed by atoms with van der Waals surface area (Å²) in [5, 5.41) is 3.89. The molecule has 2 amide bonds. The van der Waals surface area contributed by atoms with Gasteiger partial charge in [0.25, 0.3) is 0 Å². The van der Waals surface area contributed by atoms with E-state index < -0.39 is 0 Å². The van der Waals surface area contributed by atoms with Crippen molar-refractivity contribution in [3.63, 3.8) is 0 Å². The number of anilines is 2. The molecule has 0 radical (unpaired) electrons. The lowest BCUT2D eigenvalue weighted by Gasteiger charge is -2.34. The van der Waals surface area contributed by atoms with Gasteiger partial charge in [-0.1, -0.05) is 17.4 Å². The molecule has 0 atom stereocenters. The van der Waals surface area contributed by atoms with E-state index in [0.717, 1.165) is 34.2 Å². The molecule has 3 heterocycles. The first-order valence-corrected chi connectivity index (χ1v) is 10.2. The summed E-state index contributed by atoms with van der Waals surface area (Å²) in [4.78, 5) is 21.4. The van der Waals surface area contributed by atoms with Crippen molar-refractivity contribution in [2.24, 2.45) is 0 Å². The second-order valence-corrected chi connectivity index (χ2v) is 7.78. The summed E-state index contributed by atoms with van der Waals surface area (Å²) in [5.41, 5.74) is 1.58. The van der Waals surface area contributed by atoms with Gasteiger partial charge in [-0.05, 0) is 24.3 Å². The fraction of sp³-hybridized carbons (Fsp3) is 0.300. The molecule has 1 aromatic heterocycles. The molecule has 0 unspecified atom stereocenters. The van der Waals surface area contributed by atoms with Crippen molar-refractivity contribution in [2.75, 3.05) is 50.3 Å². The number of rotatable bonds is 3. The SMILES string of the molecule is COc1cccc2sc(N3CCN(C(=O)Nc4ccc5c(c4)OCO5)CC3)nc12. The van der Waals surface area contributed by atoms with Gasteiger partial charge in [0.05, 0.1) is 11.8 Å². The van der Waals surface area contributed by atoms with Gasteiger partial charge >= 0.3 is 6.03 Å². The topological polar surface area (TPSA) is 76.2 Å². The van der Waals surface area contributed by atoms with Crippen molar-refractivity contribution >= 4 is 38.4 Å². The number of amides is 2. The molecule has 8 nitrogen and oxygen atoms in total. The number of para-hydroxylation sites is 1. The molecule has 2 aliphatic rings. The summed E-state index contributed by atoms with van der Waals surface area (Å²) in [6, 6.07) is 11.2. The average molecular weight is 412 g/mol. The molecule has 0 bridgehead atoms. The van der Waals surface area contributed by atoms with Gasteiger partial charge in [0, 0.05) is 37.9 Å². The van der Waals surface area contributed by atoms with Crippen LogP contribution in [0.1, 0.15) is 0 Å². The summed E-state index contributed by atoms with van der Waals surface area (Å²) in [6.07, 6.45) is 0. The first-order valence-electron chi connectivity index (χ1n) is 9.35. The molecule has 9 heteroatoms. The quantitative estimate of drug-likeness (QED) is 0.711. The molecule has 2 aromatic carbocycles. The standard InChI is InChI=1S/C20H20N4O4S/c1-26-15-3-2-4-17-18(15)22-20(29-17)24-9-7-23(8-10-24)19(25)21-13-5-6-14-16(11-13)28-12-27-14/h2-6,11H,7-10,12H2,1H3,(H,21,25). The van der Waals surface area contributed by atoms with Gasteiger partial charge in [0.1, 0.15) is 11.3 Å². The number of hydrogen-bond donors (Lipinski definition) is 1. The van der Waals surface area contributed by atoms with Gasteiger partial charge in [-0.15, -0.1) is 0 Å². The number of piperazine rings is 1. The molecule has 5 rings (SSSR count). The molecule has 29 heavy (non-hydrogen) atoms. The van der Waals surface area contributed by atoms with Crippen LogP contribution < -0.4 is 24.4 Å². The molecule has 0 saturated carbocycles. The molecule has 1 N–H and O–H groups in total. The Hall–Kier alpha value is -3.20. The summed E-state index contributed by atoms with van der Waals surface area (Å²) in [5.74, 6) is 2.13. The Labute approximate surface area is 171 Å². The van der Waals surface area contributed by atoms with Crippen LogP contribution in [-0.2, 0) is 0 Å². The maximum atomic E-state index is 12.6. The third-order valence-corrected chi connectivity index (χ3v) is 6.13. The number of hydrogen-bond acceptors (Lipinski definition) is 7. The Kier molecular flexibility index (Phi) is 4.51. The van der Waals surface area contributed by atoms with E-state index in [1.54, 1.807) is 30.6 Å². The summed E-state index contributed by atoms with van der Waals surface area (Å²) >= 11 is 1.65. The Morgan fingerprint density at radius 3 is 2.79 bits per heavy atom. The second-order valence-electron chi connectivity index (χ2n) is 6.78. The largest absolute Gasteiger partial charge is 0.494 e. The number of carbonyl (C=O) groups excluding carboxylic acids is 1. The van der Waals surface area contributed by atoms with Crippen LogP contribution in [0.25, 0.3) is 10.2 Å². The number of carbonyl (C=O) groups is 1. The molecular weight excluding hydrogens is 392 g/mol. The van der Waals surface area contributed by atoms with E-state index in [1.165, 1.54) is 0 Å². The van der Waals surface area contributed by atoms with Crippen molar-refractivity contribution in [3.8, 4) is 17.2 Å². The van der Waals surface area contributed by atoms with E-state index >= 15 is 0 Å². The minimum absolute atomic E-state index is 0.116. The zero-order valence-corrected chi connectivity index (χ0v) is 16.7. The van der Waals surface area contributed by atoms with Gasteiger partial charge in [-0.2, -0.15) is 0 Å². The lowest BCUT2D eigenvalue weighted by molar-refractivity contribution is 0.174. The molecule has 0 spiro atoms. The predicted octanol–water partition coefficient (Wildman–Crippen LogP) is 3.39. The highest BCUT2D eigenvalue weighted by atomic mass is 32.1. The van der Waals surface area contributed by atoms with Gasteiger partial charge in [0.15, 0.2) is 16.6 Å². The third-order valence-electron chi connectivity index (χ3n) is 5.05. The number of ether oxygens (including phenoxy) is 3. The summed E-state index contributed by atoms with van der Waals surface area (Å²) in [6.45, 7) is 2.94. The van der Waals surface area contributed by atoms with Crippen LogP contribution in [0.3, 0.4) is 0 Å². The predicted molar refractivity (Wildman–Crippen MR) is 112 cm³/mol. The number of fused-ring (bicyclic) bond motifs is 2. The van der Waals surface area contributed by atoms with E-state index in [-0.39, 0.29) is 12.8 Å². The monoisotopic (exact) mass is 412 g/mol. The fourth-order valence-electron chi connectivity index (χ4n) is 3.49. The smallest absolute Gasteiger partial charge is 0.321 e. The molecule has 0 aliphatic carbocycles. The zero-order chi connectivity index (χ0) is 19.8. The van der Waals surface area contributed by atoms with Crippen molar-refractivity contribution in [1.29, 1.82) is 0 Å². The Balaban J connectivity index is 1.23. The van der Waals surface area contributed by atoms with Crippen LogP contribution in [0, 0.1) is 0 Å². The second kappa shape index (κ2) is 7.32. The van der Waals surface area contributed by atoms with E-state index in [2.05, 4.69) is 10.2 Å². The van der Waals surface area contributed by atoms with Crippen LogP contribution >= 0.6 is 11.3 Å². The fourth-order valence-corrected chi connectivity index (χ4v) is 4.52. The Bertz CT molecular complexity index is 1060. The van der Waals surface area contributed by atoms with Crippen LogP contribution in [0.5, 0.6) is 17.2 Å². The highest BCUT2D eigenvalue weighted by Gasteiger charge is 2.24. The number of nitrogens with one attached hydrogen (secondary N) is 1. The number of benzene rings is 2. The number of nitrogens with zero attached hydrogens (tertiary/aromatic N) is 3. The zero-order valence-electron chi connectivity index (χ0n) is 15.9. The van der Waals surface area contributed by atoms with Crippen LogP contribution in [-0.4, -0.2) is 56.0 Å². The van der Waals surface area contributed by atoms with E-state index in [1.807, 2.05) is 29.2 Å². The van der Waals surface area contributed by atoms with Crippen molar-refractivity contribution in [1.82, 2.24) is 9.88 Å². The maximum Gasteiger partial charge on any atom is 0.321 e. The van der Waals surface area contributed by atoms with Gasteiger partial charge < -0.3 is 29.3 Å². The normalized spacial score (nSPS) is 15.6. The van der Waals surface area contributed by atoms with Gasteiger partial charge in [-0.3, -0.25) is 0 Å². The van der Waals surface area contributed by atoms with Crippen LogP contribution in [0.15, 0.2) is 36.4 Å². The molecule has 3 aromatic rings. The highest BCUT2D eigenvalue weighted by molar-refractivity contribution is 7.22. The molecule has 1 fully saturated rings. The Morgan fingerprint density at radius 2 is 1.97 bits per heavy atom. The van der Waals surface area contributed by atoms with Crippen LogP contribution in [0.2, 0.25) is 0 Å². The number of aromatic nitrogens is 1. The van der Waals surface area contributed by atoms with Crippen molar-refractivity contribution in [3.05, 3.63) is 36.4 Å². The molecule has 1 saturated heterocycles. The number of urea groups is 1. The molecular formula is C20H20N4O4S. The summed E-state index contributed by atoms with van der Waals surface area (Å²) in [7, 11) is 1.66. The highest BCUT2D eigenvalue weighted by Crippen LogP contribution is 2.35. The first-order chi connectivity index (χ1) is 14.2. The molecule has 2 aliphatic heterocycles. The van der Waals surface area contributed by atoms with E-state index in [0.29, 0.717) is 30.3 Å². The van der Waals surface area contributed by atoms with Gasteiger partial charge in [-0.25, -0.2) is 9.78 Å². The number of thiazole rings is 1. The summed E-state index contributed by atoms with van der Waals surface area (Å²) < 4.78 is 17.2. The first kappa shape index (κ1) is 17.9.